The van der Waals surface area contributed by atoms with Gasteiger partial charge < -0.3 is 5.32 Å². The second kappa shape index (κ2) is 5.70. The highest BCUT2D eigenvalue weighted by molar-refractivity contribution is 5.46. The molecule has 1 aromatic carbocycles. The van der Waals surface area contributed by atoms with Crippen LogP contribution in [0, 0.1) is 6.92 Å². The first kappa shape index (κ1) is 14.6. The van der Waals surface area contributed by atoms with Crippen molar-refractivity contribution in [3.63, 3.8) is 0 Å². The van der Waals surface area contributed by atoms with Gasteiger partial charge in [0.2, 0.25) is 0 Å². The predicted molar refractivity (Wildman–Crippen MR) is 85.1 cm³/mol. The van der Waals surface area contributed by atoms with Gasteiger partial charge >= 0.3 is 0 Å². The Hall–Kier alpha value is -1.77. The molecule has 0 saturated carbocycles. The summed E-state index contributed by atoms with van der Waals surface area (Å²) in [6, 6.07) is 10.8. The lowest BCUT2D eigenvalue weighted by Gasteiger charge is -2.19. The molecule has 2 rings (SSSR count). The molecule has 0 aliphatic rings. The van der Waals surface area contributed by atoms with Crippen molar-refractivity contribution in [2.75, 3.05) is 5.32 Å². The van der Waals surface area contributed by atoms with E-state index in [1.165, 1.54) is 11.3 Å². The molecule has 0 bridgehead atoms. The van der Waals surface area contributed by atoms with E-state index in [1.807, 2.05) is 11.6 Å². The number of hydrogen-bond donors (Lipinski definition) is 1. The highest BCUT2D eigenvalue weighted by atomic mass is 15.3. The van der Waals surface area contributed by atoms with Gasteiger partial charge in [-0.3, -0.25) is 4.68 Å². The maximum Gasteiger partial charge on any atom is 0.0597 e. The van der Waals surface area contributed by atoms with Gasteiger partial charge in [0, 0.05) is 12.2 Å². The van der Waals surface area contributed by atoms with Crippen LogP contribution >= 0.6 is 0 Å². The lowest BCUT2D eigenvalue weighted by atomic mass is 9.87. The number of anilines is 1. The quantitative estimate of drug-likeness (QED) is 0.906. The summed E-state index contributed by atoms with van der Waals surface area (Å²) in [6.07, 6.45) is 0. The highest BCUT2D eigenvalue weighted by Gasteiger charge is 2.12. The molecular formula is C17H25N3. The van der Waals surface area contributed by atoms with Crippen LogP contribution in [0.2, 0.25) is 0 Å². The molecule has 1 N–H and O–H groups in total. The minimum atomic E-state index is 0.205. The Morgan fingerprint density at radius 3 is 2.35 bits per heavy atom. The highest BCUT2D eigenvalue weighted by Crippen LogP contribution is 2.23. The van der Waals surface area contributed by atoms with Crippen molar-refractivity contribution in [2.45, 2.75) is 53.1 Å². The second-order valence-corrected chi connectivity index (χ2v) is 6.27. The van der Waals surface area contributed by atoms with E-state index < -0.39 is 0 Å². The van der Waals surface area contributed by atoms with E-state index in [-0.39, 0.29) is 5.41 Å². The fraction of sp³-hybridized carbons (Fsp3) is 0.471. The van der Waals surface area contributed by atoms with Crippen LogP contribution in [0.25, 0.3) is 0 Å². The van der Waals surface area contributed by atoms with Gasteiger partial charge in [0.1, 0.15) is 0 Å². The molecule has 1 aromatic heterocycles. The molecule has 1 heterocycles. The molecule has 0 aliphatic carbocycles. The van der Waals surface area contributed by atoms with E-state index in [0.29, 0.717) is 0 Å². The topological polar surface area (TPSA) is 29.9 Å². The van der Waals surface area contributed by atoms with Crippen LogP contribution in [0.15, 0.2) is 30.3 Å². The summed E-state index contributed by atoms with van der Waals surface area (Å²) in [6.45, 7) is 12.6. The normalized spacial score (nSPS) is 11.7. The summed E-state index contributed by atoms with van der Waals surface area (Å²) < 4.78 is 2.05. The molecule has 0 fully saturated rings. The van der Waals surface area contributed by atoms with Gasteiger partial charge in [-0.15, -0.1) is 0 Å². The third-order valence-corrected chi connectivity index (χ3v) is 3.51. The lowest BCUT2D eigenvalue weighted by molar-refractivity contribution is 0.590. The summed E-state index contributed by atoms with van der Waals surface area (Å²) in [5.74, 6) is 0. The van der Waals surface area contributed by atoms with Crippen LogP contribution < -0.4 is 5.32 Å². The Balaban J connectivity index is 2.04. The zero-order valence-electron chi connectivity index (χ0n) is 13.2. The van der Waals surface area contributed by atoms with Crippen LogP contribution in [-0.2, 0) is 18.5 Å². The van der Waals surface area contributed by atoms with Crippen LogP contribution in [-0.4, -0.2) is 9.78 Å². The molecule has 108 valence electrons. The molecule has 0 aliphatic heterocycles. The van der Waals surface area contributed by atoms with Crippen molar-refractivity contribution in [1.29, 1.82) is 0 Å². The average Bonchev–Trinajstić information content (AvgIpc) is 2.76. The zero-order valence-corrected chi connectivity index (χ0v) is 13.2. The fourth-order valence-corrected chi connectivity index (χ4v) is 2.30. The molecule has 0 spiro atoms. The zero-order chi connectivity index (χ0) is 14.8. The van der Waals surface area contributed by atoms with E-state index in [2.05, 4.69) is 68.4 Å². The van der Waals surface area contributed by atoms with Crippen LogP contribution in [0.1, 0.15) is 44.6 Å². The van der Waals surface area contributed by atoms with E-state index in [9.17, 15) is 0 Å². The first-order valence-corrected chi connectivity index (χ1v) is 7.28. The summed E-state index contributed by atoms with van der Waals surface area (Å²) in [4.78, 5) is 0. The van der Waals surface area contributed by atoms with Crippen molar-refractivity contribution in [1.82, 2.24) is 9.78 Å². The van der Waals surface area contributed by atoms with E-state index >= 15 is 0 Å². The molecular weight excluding hydrogens is 246 g/mol. The third kappa shape index (κ3) is 3.41. The molecule has 20 heavy (non-hydrogen) atoms. The van der Waals surface area contributed by atoms with Crippen molar-refractivity contribution in [3.05, 3.63) is 47.3 Å². The van der Waals surface area contributed by atoms with Gasteiger partial charge in [-0.2, -0.15) is 5.10 Å². The number of hydrogen-bond acceptors (Lipinski definition) is 2. The Labute approximate surface area is 122 Å². The maximum atomic E-state index is 4.46. The fourth-order valence-electron chi connectivity index (χ4n) is 2.30. The Bertz CT molecular complexity index is 559. The lowest BCUT2D eigenvalue weighted by Crippen LogP contribution is -2.11. The van der Waals surface area contributed by atoms with E-state index in [1.54, 1.807) is 0 Å². The summed E-state index contributed by atoms with van der Waals surface area (Å²) in [7, 11) is 0. The smallest absolute Gasteiger partial charge is 0.0597 e. The summed E-state index contributed by atoms with van der Waals surface area (Å²) >= 11 is 0. The van der Waals surface area contributed by atoms with Crippen molar-refractivity contribution >= 4 is 5.69 Å². The van der Waals surface area contributed by atoms with Crippen LogP contribution in [0.5, 0.6) is 0 Å². The number of nitrogens with one attached hydrogen (secondary N) is 1. The predicted octanol–water partition coefficient (Wildman–Crippen LogP) is 4.12. The summed E-state index contributed by atoms with van der Waals surface area (Å²) in [5, 5.41) is 7.93. The van der Waals surface area contributed by atoms with Crippen LogP contribution in [0.3, 0.4) is 0 Å². The van der Waals surface area contributed by atoms with Crippen molar-refractivity contribution < 1.29 is 0 Å². The standard InChI is InChI=1S/C17H25N3/c1-6-20-16(11-13(2)19-20)12-18-15-9-7-14(8-10-15)17(3,4)5/h7-11,18H,6,12H2,1-5H3. The Kier molecular flexibility index (Phi) is 4.17. The molecule has 0 unspecified atom stereocenters. The van der Waals surface area contributed by atoms with Gasteiger partial charge in [-0.25, -0.2) is 0 Å². The van der Waals surface area contributed by atoms with E-state index in [4.69, 9.17) is 0 Å². The SMILES string of the molecule is CCn1nc(C)cc1CNc1ccc(C(C)(C)C)cc1. The number of rotatable bonds is 4. The molecule has 0 radical (unpaired) electrons. The minimum Gasteiger partial charge on any atom is -0.379 e. The Morgan fingerprint density at radius 1 is 1.15 bits per heavy atom. The van der Waals surface area contributed by atoms with Gasteiger partial charge in [0.25, 0.3) is 0 Å². The minimum absolute atomic E-state index is 0.205. The largest absolute Gasteiger partial charge is 0.379 e. The molecule has 0 atom stereocenters. The van der Waals surface area contributed by atoms with Crippen molar-refractivity contribution in [2.24, 2.45) is 0 Å². The van der Waals surface area contributed by atoms with Gasteiger partial charge in [0.15, 0.2) is 0 Å². The number of benzene rings is 1. The van der Waals surface area contributed by atoms with Gasteiger partial charge in [-0.05, 0) is 43.0 Å². The second-order valence-electron chi connectivity index (χ2n) is 6.27. The molecule has 0 saturated heterocycles. The summed E-state index contributed by atoms with van der Waals surface area (Å²) in [5.41, 5.74) is 5.02. The molecule has 0 amide bonds. The number of nitrogens with zero attached hydrogens (tertiary/aromatic N) is 2. The molecule has 2 aromatic rings. The number of aryl methyl sites for hydroxylation is 2. The monoisotopic (exact) mass is 271 g/mol. The Morgan fingerprint density at radius 2 is 1.80 bits per heavy atom. The maximum absolute atomic E-state index is 4.46. The van der Waals surface area contributed by atoms with E-state index in [0.717, 1.165) is 24.5 Å². The first-order chi connectivity index (χ1) is 9.40. The van der Waals surface area contributed by atoms with Crippen LogP contribution in [0.4, 0.5) is 5.69 Å². The third-order valence-electron chi connectivity index (χ3n) is 3.51. The molecule has 3 heteroatoms. The van der Waals surface area contributed by atoms with Gasteiger partial charge in [0.05, 0.1) is 17.9 Å². The number of aromatic nitrogens is 2. The average molecular weight is 271 g/mol. The first-order valence-electron chi connectivity index (χ1n) is 7.28. The van der Waals surface area contributed by atoms with Gasteiger partial charge in [-0.1, -0.05) is 32.9 Å². The van der Waals surface area contributed by atoms with Crippen molar-refractivity contribution in [3.8, 4) is 0 Å². The molecule has 3 nitrogen and oxygen atoms in total.